The number of nitrogens with zero attached hydrogens (tertiary/aromatic N) is 1. The molecule has 0 saturated carbocycles. The summed E-state index contributed by atoms with van der Waals surface area (Å²) in [4.78, 5) is 3.42. The van der Waals surface area contributed by atoms with Crippen LogP contribution >= 0.6 is 34.2 Å². The van der Waals surface area contributed by atoms with E-state index in [1.807, 2.05) is 0 Å². The van der Waals surface area contributed by atoms with Gasteiger partial charge in [0.2, 0.25) is 0 Å². The molecule has 0 aliphatic heterocycles. The fourth-order valence-electron chi connectivity index (χ4n) is 0.847. The van der Waals surface area contributed by atoms with Gasteiger partial charge in [0.25, 0.3) is 6.43 Å². The second-order valence-corrected chi connectivity index (χ2v) is 3.60. The highest BCUT2D eigenvalue weighted by Gasteiger charge is 2.18. The van der Waals surface area contributed by atoms with E-state index in [1.54, 1.807) is 22.6 Å². The maximum atomic E-state index is 12.3. The molecule has 0 bridgehead atoms. The number of hydrogen-bond donors (Lipinski definition) is 1. The highest BCUT2D eigenvalue weighted by Crippen LogP contribution is 2.30. The van der Waals surface area contributed by atoms with Gasteiger partial charge in [0, 0.05) is 5.56 Å². The molecule has 1 aromatic rings. The number of pyridine rings is 1. The SMILES string of the molecule is Oc1cnc(C(F)F)c(CCl)c1I. The van der Waals surface area contributed by atoms with Gasteiger partial charge in [-0.3, -0.25) is 4.98 Å². The van der Waals surface area contributed by atoms with E-state index in [4.69, 9.17) is 16.7 Å². The van der Waals surface area contributed by atoms with E-state index in [1.165, 1.54) is 0 Å². The Morgan fingerprint density at radius 1 is 1.62 bits per heavy atom. The molecule has 1 aromatic heterocycles. The first-order chi connectivity index (χ1) is 6.07. The quantitative estimate of drug-likeness (QED) is 0.671. The van der Waals surface area contributed by atoms with Crippen LogP contribution in [0.1, 0.15) is 17.7 Å². The Kier molecular flexibility index (Phi) is 3.66. The average Bonchev–Trinajstić information content (AvgIpc) is 2.09. The zero-order valence-corrected chi connectivity index (χ0v) is 9.18. The van der Waals surface area contributed by atoms with Crippen LogP contribution in [0.2, 0.25) is 0 Å². The van der Waals surface area contributed by atoms with Gasteiger partial charge in [0.1, 0.15) is 11.4 Å². The van der Waals surface area contributed by atoms with E-state index in [0.717, 1.165) is 6.20 Å². The Balaban J connectivity index is 3.30. The third-order valence-electron chi connectivity index (χ3n) is 1.47. The molecule has 0 saturated heterocycles. The molecule has 1 rings (SSSR count). The Bertz CT molecular complexity index is 322. The number of aromatic hydroxyl groups is 1. The van der Waals surface area contributed by atoms with Crippen molar-refractivity contribution in [3.05, 3.63) is 21.0 Å². The van der Waals surface area contributed by atoms with Crippen LogP contribution in [0.4, 0.5) is 8.78 Å². The van der Waals surface area contributed by atoms with Crippen molar-refractivity contribution in [2.45, 2.75) is 12.3 Å². The summed E-state index contributed by atoms with van der Waals surface area (Å²) in [5.74, 6) is -0.208. The lowest BCUT2D eigenvalue weighted by Gasteiger charge is -2.08. The standard InChI is InChI=1S/C7H5ClF2INO/c8-1-3-5(11)4(13)2-12-6(3)7(9)10/h2,7,13H,1H2. The topological polar surface area (TPSA) is 33.1 Å². The van der Waals surface area contributed by atoms with Gasteiger partial charge in [-0.2, -0.15) is 0 Å². The summed E-state index contributed by atoms with van der Waals surface area (Å²) < 4.78 is 25.0. The number of aromatic nitrogens is 1. The molecule has 2 nitrogen and oxygen atoms in total. The van der Waals surface area contributed by atoms with Gasteiger partial charge < -0.3 is 5.11 Å². The van der Waals surface area contributed by atoms with Crippen molar-refractivity contribution in [2.24, 2.45) is 0 Å². The molecule has 0 unspecified atom stereocenters. The lowest BCUT2D eigenvalue weighted by atomic mass is 10.2. The third kappa shape index (κ3) is 2.19. The van der Waals surface area contributed by atoms with Crippen LogP contribution in [0.5, 0.6) is 5.75 Å². The normalized spacial score (nSPS) is 10.8. The monoisotopic (exact) mass is 319 g/mol. The smallest absolute Gasteiger partial charge is 0.280 e. The van der Waals surface area contributed by atoms with Crippen molar-refractivity contribution in [3.63, 3.8) is 0 Å². The molecule has 6 heteroatoms. The molecule has 0 radical (unpaired) electrons. The molecule has 72 valence electrons. The fourth-order valence-corrected chi connectivity index (χ4v) is 1.95. The largest absolute Gasteiger partial charge is 0.505 e. The molecule has 1 heterocycles. The van der Waals surface area contributed by atoms with E-state index < -0.39 is 6.43 Å². The average molecular weight is 319 g/mol. The number of rotatable bonds is 2. The van der Waals surface area contributed by atoms with E-state index in [0.29, 0.717) is 3.57 Å². The van der Waals surface area contributed by atoms with Crippen LogP contribution in [0.25, 0.3) is 0 Å². The zero-order valence-electron chi connectivity index (χ0n) is 6.27. The van der Waals surface area contributed by atoms with Crippen molar-refractivity contribution in [2.75, 3.05) is 0 Å². The van der Waals surface area contributed by atoms with Crippen LogP contribution in [-0.4, -0.2) is 10.1 Å². The van der Waals surface area contributed by atoms with Crippen molar-refractivity contribution in [1.82, 2.24) is 4.98 Å². The predicted molar refractivity (Wildman–Crippen MR) is 53.1 cm³/mol. The molecule has 1 N–H and O–H groups in total. The first-order valence-electron chi connectivity index (χ1n) is 3.28. The highest BCUT2D eigenvalue weighted by molar-refractivity contribution is 14.1. The Labute approximate surface area is 92.1 Å². The van der Waals surface area contributed by atoms with Gasteiger partial charge in [-0.25, -0.2) is 8.78 Å². The molecule has 0 spiro atoms. The fraction of sp³-hybridized carbons (Fsp3) is 0.286. The molecule has 0 aromatic carbocycles. The summed E-state index contributed by atoms with van der Waals surface area (Å²) >= 11 is 7.22. The summed E-state index contributed by atoms with van der Waals surface area (Å²) in [6, 6.07) is 0. The lowest BCUT2D eigenvalue weighted by Crippen LogP contribution is -1.99. The van der Waals surface area contributed by atoms with Crippen molar-refractivity contribution in [3.8, 4) is 5.75 Å². The molecule has 13 heavy (non-hydrogen) atoms. The van der Waals surface area contributed by atoms with Crippen molar-refractivity contribution < 1.29 is 13.9 Å². The highest BCUT2D eigenvalue weighted by atomic mass is 127. The first kappa shape index (κ1) is 10.9. The maximum Gasteiger partial charge on any atom is 0.280 e. The summed E-state index contributed by atoms with van der Waals surface area (Å²) in [5, 5.41) is 9.16. The summed E-state index contributed by atoms with van der Waals surface area (Å²) in [6.45, 7) is 0. The molecule has 0 amide bonds. The van der Waals surface area contributed by atoms with Gasteiger partial charge in [0.15, 0.2) is 0 Å². The Hall–Kier alpha value is -0.170. The van der Waals surface area contributed by atoms with Gasteiger partial charge in [-0.15, -0.1) is 11.6 Å². The summed E-state index contributed by atoms with van der Waals surface area (Å²) in [7, 11) is 0. The van der Waals surface area contributed by atoms with E-state index >= 15 is 0 Å². The van der Waals surface area contributed by atoms with Crippen LogP contribution in [0, 0.1) is 3.57 Å². The number of hydrogen-bond acceptors (Lipinski definition) is 2. The second-order valence-electron chi connectivity index (χ2n) is 2.26. The molecule has 0 aliphatic rings. The first-order valence-corrected chi connectivity index (χ1v) is 4.89. The molecular weight excluding hydrogens is 314 g/mol. The number of alkyl halides is 3. The Morgan fingerprint density at radius 2 is 2.23 bits per heavy atom. The van der Waals surface area contributed by atoms with Crippen LogP contribution < -0.4 is 0 Å². The molecular formula is C7H5ClF2INO. The van der Waals surface area contributed by atoms with Crippen LogP contribution in [0.15, 0.2) is 6.20 Å². The predicted octanol–water partition coefficient (Wildman–Crippen LogP) is 3.07. The van der Waals surface area contributed by atoms with Gasteiger partial charge >= 0.3 is 0 Å². The molecule has 0 fully saturated rings. The van der Waals surface area contributed by atoms with E-state index in [2.05, 4.69) is 4.98 Å². The minimum Gasteiger partial charge on any atom is -0.505 e. The van der Waals surface area contributed by atoms with Gasteiger partial charge in [-0.05, 0) is 22.6 Å². The maximum absolute atomic E-state index is 12.3. The minimum atomic E-state index is -2.66. The lowest BCUT2D eigenvalue weighted by molar-refractivity contribution is 0.145. The van der Waals surface area contributed by atoms with Crippen molar-refractivity contribution >= 4 is 34.2 Å². The van der Waals surface area contributed by atoms with Crippen molar-refractivity contribution in [1.29, 1.82) is 0 Å². The molecule has 0 aliphatic carbocycles. The minimum absolute atomic E-state index is 0.0840. The number of halogens is 4. The third-order valence-corrected chi connectivity index (χ3v) is 2.94. The molecule has 0 atom stereocenters. The van der Waals surface area contributed by atoms with E-state index in [-0.39, 0.29) is 22.9 Å². The Morgan fingerprint density at radius 3 is 2.69 bits per heavy atom. The second kappa shape index (κ2) is 4.36. The summed E-state index contributed by atoms with van der Waals surface area (Å²) in [5.41, 5.74) is -0.172. The summed E-state index contributed by atoms with van der Waals surface area (Å²) in [6.07, 6.45) is -1.66. The van der Waals surface area contributed by atoms with Crippen LogP contribution in [-0.2, 0) is 5.88 Å². The van der Waals surface area contributed by atoms with Crippen LogP contribution in [0.3, 0.4) is 0 Å². The zero-order chi connectivity index (χ0) is 10.0. The van der Waals surface area contributed by atoms with Gasteiger partial charge in [-0.1, -0.05) is 0 Å². The van der Waals surface area contributed by atoms with E-state index in [9.17, 15) is 8.78 Å². The van der Waals surface area contributed by atoms with Gasteiger partial charge in [0.05, 0.1) is 15.6 Å².